The lowest BCUT2D eigenvalue weighted by Gasteiger charge is -2.29. The minimum Gasteiger partial charge on any atom is -0.314 e. The molecule has 3 rings (SSSR count). The fraction of sp³-hybridized carbons (Fsp3) is 0.474. The maximum Gasteiger partial charge on any atom is 0.0113 e. The van der Waals surface area contributed by atoms with Gasteiger partial charge in [-0.3, -0.25) is 0 Å². The Morgan fingerprint density at radius 1 is 1.29 bits per heavy atom. The van der Waals surface area contributed by atoms with Crippen molar-refractivity contribution in [2.75, 3.05) is 6.54 Å². The van der Waals surface area contributed by atoms with Crippen molar-refractivity contribution in [3.8, 4) is 0 Å². The molecule has 1 aliphatic carbocycles. The topological polar surface area (TPSA) is 12.0 Å². The third-order valence-electron chi connectivity index (χ3n) is 4.62. The lowest BCUT2D eigenvalue weighted by atomic mass is 9.79. The SMILES string of the molecule is CCNC(Cc1ccsc1)CC1CCCc2ccccc21. The van der Waals surface area contributed by atoms with Gasteiger partial charge in [0.2, 0.25) is 0 Å². The molecular formula is C19H25NS. The van der Waals surface area contributed by atoms with E-state index in [-0.39, 0.29) is 0 Å². The Morgan fingerprint density at radius 3 is 3.00 bits per heavy atom. The van der Waals surface area contributed by atoms with E-state index >= 15 is 0 Å². The summed E-state index contributed by atoms with van der Waals surface area (Å²) >= 11 is 1.81. The number of fused-ring (bicyclic) bond motifs is 1. The number of hydrogen-bond acceptors (Lipinski definition) is 2. The summed E-state index contributed by atoms with van der Waals surface area (Å²) in [5, 5.41) is 8.18. The van der Waals surface area contributed by atoms with Crippen LogP contribution in [0.2, 0.25) is 0 Å². The largest absolute Gasteiger partial charge is 0.314 e. The zero-order chi connectivity index (χ0) is 14.5. The molecule has 1 aliphatic rings. The highest BCUT2D eigenvalue weighted by Crippen LogP contribution is 2.35. The monoisotopic (exact) mass is 299 g/mol. The molecule has 0 fully saturated rings. The van der Waals surface area contributed by atoms with Crippen LogP contribution in [0.25, 0.3) is 0 Å². The number of thiophene rings is 1. The molecule has 1 aromatic carbocycles. The van der Waals surface area contributed by atoms with E-state index in [1.807, 2.05) is 0 Å². The van der Waals surface area contributed by atoms with Gasteiger partial charge in [-0.15, -0.1) is 0 Å². The molecule has 21 heavy (non-hydrogen) atoms. The molecule has 2 unspecified atom stereocenters. The third kappa shape index (κ3) is 3.75. The van der Waals surface area contributed by atoms with Crippen LogP contribution >= 0.6 is 11.3 Å². The molecule has 2 atom stereocenters. The van der Waals surface area contributed by atoms with E-state index < -0.39 is 0 Å². The highest BCUT2D eigenvalue weighted by molar-refractivity contribution is 7.07. The van der Waals surface area contributed by atoms with Crippen LogP contribution in [0.3, 0.4) is 0 Å². The summed E-state index contributed by atoms with van der Waals surface area (Å²) in [6.45, 7) is 3.28. The molecule has 112 valence electrons. The molecule has 0 spiro atoms. The average Bonchev–Trinajstić information content (AvgIpc) is 3.01. The van der Waals surface area contributed by atoms with Gasteiger partial charge in [-0.05, 0) is 78.1 Å². The van der Waals surface area contributed by atoms with Crippen LogP contribution in [0, 0.1) is 0 Å². The van der Waals surface area contributed by atoms with Crippen LogP contribution in [-0.2, 0) is 12.8 Å². The first-order valence-corrected chi connectivity index (χ1v) is 9.13. The van der Waals surface area contributed by atoms with Gasteiger partial charge in [-0.25, -0.2) is 0 Å². The summed E-state index contributed by atoms with van der Waals surface area (Å²) in [5.41, 5.74) is 4.67. The minimum atomic E-state index is 0.598. The van der Waals surface area contributed by atoms with Crippen molar-refractivity contribution in [1.29, 1.82) is 0 Å². The van der Waals surface area contributed by atoms with Gasteiger partial charge in [0.15, 0.2) is 0 Å². The summed E-state index contributed by atoms with van der Waals surface area (Å²) in [5.74, 6) is 0.734. The van der Waals surface area contributed by atoms with Crippen molar-refractivity contribution in [1.82, 2.24) is 5.32 Å². The fourth-order valence-electron chi connectivity index (χ4n) is 3.66. The summed E-state index contributed by atoms with van der Waals surface area (Å²) in [6.07, 6.45) is 6.39. The van der Waals surface area contributed by atoms with E-state index in [1.165, 1.54) is 31.2 Å². The van der Waals surface area contributed by atoms with Crippen molar-refractivity contribution in [3.63, 3.8) is 0 Å². The average molecular weight is 299 g/mol. The standard InChI is InChI=1S/C19H25NS/c1-2-20-18(12-15-10-11-21-14-15)13-17-8-5-7-16-6-3-4-9-19(16)17/h3-4,6,9-11,14,17-18,20H,2,5,7-8,12-13H2,1H3. The summed E-state index contributed by atoms with van der Waals surface area (Å²) in [7, 11) is 0. The van der Waals surface area contributed by atoms with Crippen LogP contribution in [0.5, 0.6) is 0 Å². The zero-order valence-corrected chi connectivity index (χ0v) is 13.7. The maximum absolute atomic E-state index is 3.70. The third-order valence-corrected chi connectivity index (χ3v) is 5.35. The van der Waals surface area contributed by atoms with Gasteiger partial charge in [0, 0.05) is 6.04 Å². The Hall–Kier alpha value is -1.12. The molecule has 2 aromatic rings. The number of benzene rings is 1. The molecule has 0 bridgehead atoms. The minimum absolute atomic E-state index is 0.598. The number of aryl methyl sites for hydroxylation is 1. The van der Waals surface area contributed by atoms with Gasteiger partial charge in [-0.2, -0.15) is 11.3 Å². The van der Waals surface area contributed by atoms with Crippen LogP contribution in [0.15, 0.2) is 41.1 Å². The molecule has 2 heteroatoms. The van der Waals surface area contributed by atoms with Gasteiger partial charge in [0.05, 0.1) is 0 Å². The van der Waals surface area contributed by atoms with Gasteiger partial charge in [0.25, 0.3) is 0 Å². The second-order valence-electron chi connectivity index (χ2n) is 6.11. The zero-order valence-electron chi connectivity index (χ0n) is 12.8. The quantitative estimate of drug-likeness (QED) is 0.809. The van der Waals surface area contributed by atoms with E-state index in [1.54, 1.807) is 22.5 Å². The van der Waals surface area contributed by atoms with Crippen LogP contribution < -0.4 is 5.32 Å². The van der Waals surface area contributed by atoms with Crippen molar-refractivity contribution in [2.45, 2.75) is 51.0 Å². The Bertz CT molecular complexity index is 546. The molecule has 0 radical (unpaired) electrons. The number of nitrogens with one attached hydrogen (secondary N) is 1. The second kappa shape index (κ2) is 7.24. The molecule has 0 saturated heterocycles. The normalized spacial score (nSPS) is 19.2. The smallest absolute Gasteiger partial charge is 0.0113 e. The Morgan fingerprint density at radius 2 is 2.19 bits per heavy atom. The first kappa shape index (κ1) is 14.8. The lowest BCUT2D eigenvalue weighted by molar-refractivity contribution is 0.414. The van der Waals surface area contributed by atoms with Gasteiger partial charge < -0.3 is 5.32 Å². The predicted octanol–water partition coefficient (Wildman–Crippen LogP) is 4.78. The van der Waals surface area contributed by atoms with Crippen molar-refractivity contribution in [2.24, 2.45) is 0 Å². The van der Waals surface area contributed by atoms with E-state index in [2.05, 4.69) is 53.3 Å². The van der Waals surface area contributed by atoms with Crippen molar-refractivity contribution in [3.05, 3.63) is 57.8 Å². The number of likely N-dealkylation sites (N-methyl/N-ethyl adjacent to an activating group) is 1. The Balaban J connectivity index is 1.71. The molecular weight excluding hydrogens is 274 g/mol. The molecule has 1 nitrogen and oxygen atoms in total. The van der Waals surface area contributed by atoms with E-state index in [9.17, 15) is 0 Å². The summed E-state index contributed by atoms with van der Waals surface area (Å²) in [4.78, 5) is 0. The van der Waals surface area contributed by atoms with Crippen LogP contribution in [0.4, 0.5) is 0 Å². The van der Waals surface area contributed by atoms with E-state index in [4.69, 9.17) is 0 Å². The first-order chi connectivity index (χ1) is 10.4. The van der Waals surface area contributed by atoms with E-state index in [0.717, 1.165) is 18.9 Å². The molecule has 0 aliphatic heterocycles. The Labute approximate surface area is 132 Å². The number of hydrogen-bond donors (Lipinski definition) is 1. The van der Waals surface area contributed by atoms with Crippen LogP contribution in [-0.4, -0.2) is 12.6 Å². The number of rotatable bonds is 6. The maximum atomic E-state index is 3.70. The van der Waals surface area contributed by atoms with Gasteiger partial charge >= 0.3 is 0 Å². The molecule has 1 heterocycles. The molecule has 1 N–H and O–H groups in total. The summed E-state index contributed by atoms with van der Waals surface area (Å²) in [6, 6.07) is 11.9. The molecule has 0 saturated carbocycles. The summed E-state index contributed by atoms with van der Waals surface area (Å²) < 4.78 is 0. The first-order valence-electron chi connectivity index (χ1n) is 8.19. The lowest BCUT2D eigenvalue weighted by Crippen LogP contribution is -2.33. The second-order valence-corrected chi connectivity index (χ2v) is 6.89. The Kier molecular flexibility index (Phi) is 5.10. The van der Waals surface area contributed by atoms with Crippen molar-refractivity contribution < 1.29 is 0 Å². The predicted molar refractivity (Wildman–Crippen MR) is 92.2 cm³/mol. The molecule has 1 aromatic heterocycles. The van der Waals surface area contributed by atoms with Crippen molar-refractivity contribution >= 4 is 11.3 Å². The highest BCUT2D eigenvalue weighted by Gasteiger charge is 2.23. The van der Waals surface area contributed by atoms with Gasteiger partial charge in [0.1, 0.15) is 0 Å². The van der Waals surface area contributed by atoms with E-state index in [0.29, 0.717) is 6.04 Å². The highest BCUT2D eigenvalue weighted by atomic mass is 32.1. The molecule has 0 amide bonds. The van der Waals surface area contributed by atoms with Gasteiger partial charge in [-0.1, -0.05) is 31.2 Å². The van der Waals surface area contributed by atoms with Crippen LogP contribution in [0.1, 0.15) is 48.8 Å². The fourth-order valence-corrected chi connectivity index (χ4v) is 4.35.